The molecule has 0 bridgehead atoms. The maximum atomic E-state index is 10.9. The number of hydrogen-bond donors (Lipinski definition) is 0. The predicted molar refractivity (Wildman–Crippen MR) is 75.3 cm³/mol. The van der Waals surface area contributed by atoms with E-state index >= 15 is 0 Å². The highest BCUT2D eigenvalue weighted by atomic mass is 16.1. The lowest BCUT2D eigenvalue weighted by Gasteiger charge is -2.03. The fraction of sp³-hybridized carbons (Fsp3) is 0.188. The zero-order valence-corrected chi connectivity index (χ0v) is 10.8. The highest BCUT2D eigenvalue weighted by Gasteiger charge is 2.12. The molecule has 0 saturated carbocycles. The second-order valence-electron chi connectivity index (χ2n) is 4.88. The van der Waals surface area contributed by atoms with Crippen molar-refractivity contribution in [3.8, 4) is 0 Å². The first-order valence-electron chi connectivity index (χ1n) is 6.07. The number of carbonyl (C=O) groups is 1. The molecule has 0 aliphatic heterocycles. The van der Waals surface area contributed by atoms with E-state index in [0.29, 0.717) is 0 Å². The third-order valence-corrected chi connectivity index (χ3v) is 3.71. The molecule has 0 spiro atoms. The van der Waals surface area contributed by atoms with E-state index in [1.165, 1.54) is 32.9 Å². The minimum Gasteiger partial charge on any atom is -0.343 e. The number of carbonyl (C=O) groups excluding carboxylic acids is 1. The summed E-state index contributed by atoms with van der Waals surface area (Å²) in [5.74, 6) is 0. The Hall–Kier alpha value is -2.09. The van der Waals surface area contributed by atoms with E-state index < -0.39 is 0 Å². The van der Waals surface area contributed by atoms with Gasteiger partial charge in [0, 0.05) is 28.9 Å². The van der Waals surface area contributed by atoms with Crippen LogP contribution in [-0.4, -0.2) is 10.9 Å². The molecule has 1 heterocycles. The summed E-state index contributed by atoms with van der Waals surface area (Å²) in [6.45, 7) is 4.25. The number of aldehydes is 1. The Morgan fingerprint density at radius 2 is 1.78 bits per heavy atom. The molecule has 0 N–H and O–H groups in total. The van der Waals surface area contributed by atoms with Crippen molar-refractivity contribution >= 4 is 28.1 Å². The van der Waals surface area contributed by atoms with Crippen LogP contribution in [0.3, 0.4) is 0 Å². The van der Waals surface area contributed by atoms with Gasteiger partial charge in [0.25, 0.3) is 0 Å². The van der Waals surface area contributed by atoms with Crippen LogP contribution in [0.1, 0.15) is 21.5 Å². The van der Waals surface area contributed by atoms with Gasteiger partial charge in [-0.15, -0.1) is 0 Å². The van der Waals surface area contributed by atoms with Crippen molar-refractivity contribution in [3.05, 3.63) is 47.0 Å². The fourth-order valence-corrected chi connectivity index (χ4v) is 2.81. The molecule has 90 valence electrons. The molecule has 0 radical (unpaired) electrons. The lowest BCUT2D eigenvalue weighted by atomic mass is 10.0. The van der Waals surface area contributed by atoms with Crippen molar-refractivity contribution in [3.63, 3.8) is 0 Å². The van der Waals surface area contributed by atoms with Crippen LogP contribution < -0.4 is 0 Å². The third-order valence-electron chi connectivity index (χ3n) is 3.71. The molecule has 3 rings (SSSR count). The third kappa shape index (κ3) is 1.32. The van der Waals surface area contributed by atoms with Crippen LogP contribution in [0.25, 0.3) is 21.8 Å². The van der Waals surface area contributed by atoms with E-state index in [0.717, 1.165) is 11.8 Å². The molecule has 0 saturated heterocycles. The van der Waals surface area contributed by atoms with Gasteiger partial charge in [0.2, 0.25) is 0 Å². The van der Waals surface area contributed by atoms with Gasteiger partial charge in [-0.05, 0) is 43.2 Å². The van der Waals surface area contributed by atoms with Gasteiger partial charge in [0.05, 0.1) is 5.52 Å². The van der Waals surface area contributed by atoms with Crippen LogP contribution in [0.15, 0.2) is 30.3 Å². The van der Waals surface area contributed by atoms with E-state index in [-0.39, 0.29) is 0 Å². The average Bonchev–Trinajstić information content (AvgIpc) is 2.68. The van der Waals surface area contributed by atoms with Gasteiger partial charge >= 0.3 is 0 Å². The van der Waals surface area contributed by atoms with Crippen molar-refractivity contribution in [1.82, 2.24) is 4.57 Å². The maximum absolute atomic E-state index is 10.9. The summed E-state index contributed by atoms with van der Waals surface area (Å²) in [5.41, 5.74) is 5.68. The van der Waals surface area contributed by atoms with Gasteiger partial charge in [0.1, 0.15) is 6.29 Å². The number of fused-ring (bicyclic) bond motifs is 3. The predicted octanol–water partition coefficient (Wildman–Crippen LogP) is 3.76. The van der Waals surface area contributed by atoms with E-state index in [1.54, 1.807) is 0 Å². The molecule has 2 heteroatoms. The van der Waals surface area contributed by atoms with Crippen LogP contribution >= 0.6 is 0 Å². The second-order valence-corrected chi connectivity index (χ2v) is 4.88. The Labute approximate surface area is 106 Å². The standard InChI is InChI=1S/C16H15NO/c1-10-4-5-11(2)16-15(10)13-8-12(9-18)6-7-14(13)17(16)3/h4-9H,1-3H3. The summed E-state index contributed by atoms with van der Waals surface area (Å²) in [4.78, 5) is 10.9. The van der Waals surface area contributed by atoms with E-state index in [1.807, 2.05) is 18.2 Å². The van der Waals surface area contributed by atoms with E-state index in [2.05, 4.69) is 37.6 Å². The number of nitrogens with zero attached hydrogens (tertiary/aromatic N) is 1. The zero-order valence-electron chi connectivity index (χ0n) is 10.8. The van der Waals surface area contributed by atoms with E-state index in [9.17, 15) is 4.79 Å². The summed E-state index contributed by atoms with van der Waals surface area (Å²) in [5, 5.41) is 2.43. The lowest BCUT2D eigenvalue weighted by molar-refractivity contribution is 0.112. The first-order valence-corrected chi connectivity index (χ1v) is 6.07. The van der Waals surface area contributed by atoms with Crippen LogP contribution in [0.5, 0.6) is 0 Å². The molecule has 0 amide bonds. The lowest BCUT2D eigenvalue weighted by Crippen LogP contribution is -1.89. The highest BCUT2D eigenvalue weighted by Crippen LogP contribution is 2.32. The molecule has 3 aromatic rings. The molecule has 0 fully saturated rings. The van der Waals surface area contributed by atoms with Gasteiger partial charge < -0.3 is 4.57 Å². The summed E-state index contributed by atoms with van der Waals surface area (Å²) in [6, 6.07) is 10.2. The Morgan fingerprint density at radius 1 is 1.06 bits per heavy atom. The van der Waals surface area contributed by atoms with Crippen LogP contribution in [0, 0.1) is 13.8 Å². The number of rotatable bonds is 1. The molecule has 0 unspecified atom stereocenters. The quantitative estimate of drug-likeness (QED) is 0.591. The topological polar surface area (TPSA) is 22.0 Å². The van der Waals surface area contributed by atoms with Crippen molar-refractivity contribution in [2.45, 2.75) is 13.8 Å². The molecule has 2 nitrogen and oxygen atoms in total. The molecular formula is C16H15NO. The second kappa shape index (κ2) is 3.70. The summed E-state index contributed by atoms with van der Waals surface area (Å²) < 4.78 is 2.21. The van der Waals surface area contributed by atoms with Gasteiger partial charge in [-0.3, -0.25) is 4.79 Å². The van der Waals surface area contributed by atoms with Gasteiger partial charge in [0.15, 0.2) is 0 Å². The Kier molecular flexibility index (Phi) is 2.27. The van der Waals surface area contributed by atoms with Gasteiger partial charge in [-0.25, -0.2) is 0 Å². The number of hydrogen-bond acceptors (Lipinski definition) is 1. The summed E-state index contributed by atoms with van der Waals surface area (Å²) in [7, 11) is 2.08. The Balaban J connectivity index is 2.63. The SMILES string of the molecule is Cc1ccc(C)c2c1c1cc(C=O)ccc1n2C. The zero-order chi connectivity index (χ0) is 12.9. The fourth-order valence-electron chi connectivity index (χ4n) is 2.81. The first-order chi connectivity index (χ1) is 8.63. The van der Waals surface area contributed by atoms with Crippen molar-refractivity contribution < 1.29 is 4.79 Å². The normalized spacial score (nSPS) is 11.3. The monoisotopic (exact) mass is 237 g/mol. The number of aryl methyl sites for hydroxylation is 3. The minimum absolute atomic E-state index is 0.732. The largest absolute Gasteiger partial charge is 0.343 e. The molecule has 2 aromatic carbocycles. The number of benzene rings is 2. The summed E-state index contributed by atoms with van der Waals surface area (Å²) >= 11 is 0. The molecule has 0 aliphatic carbocycles. The molecule has 1 aromatic heterocycles. The van der Waals surface area contributed by atoms with Crippen molar-refractivity contribution in [2.24, 2.45) is 7.05 Å². The highest BCUT2D eigenvalue weighted by molar-refractivity contribution is 6.11. The van der Waals surface area contributed by atoms with Crippen LogP contribution in [-0.2, 0) is 7.05 Å². The molecule has 0 aliphatic rings. The molecule has 18 heavy (non-hydrogen) atoms. The molecule has 0 atom stereocenters. The molecular weight excluding hydrogens is 222 g/mol. The maximum Gasteiger partial charge on any atom is 0.150 e. The van der Waals surface area contributed by atoms with Gasteiger partial charge in [-0.1, -0.05) is 12.1 Å². The van der Waals surface area contributed by atoms with E-state index in [4.69, 9.17) is 0 Å². The average molecular weight is 237 g/mol. The van der Waals surface area contributed by atoms with Crippen molar-refractivity contribution in [2.75, 3.05) is 0 Å². The summed E-state index contributed by atoms with van der Waals surface area (Å²) in [6.07, 6.45) is 0.906. The van der Waals surface area contributed by atoms with Crippen LogP contribution in [0.2, 0.25) is 0 Å². The van der Waals surface area contributed by atoms with Gasteiger partial charge in [-0.2, -0.15) is 0 Å². The van der Waals surface area contributed by atoms with Crippen LogP contribution in [0.4, 0.5) is 0 Å². The van der Waals surface area contributed by atoms with Crippen molar-refractivity contribution in [1.29, 1.82) is 0 Å². The Bertz CT molecular complexity index is 781. The minimum atomic E-state index is 0.732. The number of aromatic nitrogens is 1. The first kappa shape index (κ1) is 11.0. The Morgan fingerprint density at radius 3 is 2.50 bits per heavy atom. The smallest absolute Gasteiger partial charge is 0.150 e.